The number of benzene rings is 2. The number of hydrogen-bond acceptors (Lipinski definition) is 7. The lowest BCUT2D eigenvalue weighted by Gasteiger charge is -2.35. The fourth-order valence-electron chi connectivity index (χ4n) is 4.10. The van der Waals surface area contributed by atoms with E-state index in [2.05, 4.69) is 15.0 Å². The van der Waals surface area contributed by atoms with Crippen molar-refractivity contribution in [3.63, 3.8) is 0 Å². The molecule has 4 aromatic rings. The Labute approximate surface area is 217 Å². The molecule has 2 aromatic heterocycles. The molecule has 194 valence electrons. The molecule has 1 atom stereocenters. The van der Waals surface area contributed by atoms with Crippen molar-refractivity contribution in [2.24, 2.45) is 11.1 Å². The number of aromatic amines is 1. The van der Waals surface area contributed by atoms with Crippen molar-refractivity contribution in [3.05, 3.63) is 96.3 Å². The second kappa shape index (κ2) is 10.5. The summed E-state index contributed by atoms with van der Waals surface area (Å²) >= 11 is 0. The zero-order valence-corrected chi connectivity index (χ0v) is 20.5. The average molecular weight is 517 g/mol. The minimum Gasteiger partial charge on any atom is -0.447 e. The van der Waals surface area contributed by atoms with Crippen LogP contribution in [-0.4, -0.2) is 40.0 Å². The summed E-state index contributed by atoms with van der Waals surface area (Å²) in [6.45, 7) is 1.53. The van der Waals surface area contributed by atoms with Crippen LogP contribution in [0.3, 0.4) is 0 Å². The van der Waals surface area contributed by atoms with Gasteiger partial charge in [0.15, 0.2) is 5.82 Å². The van der Waals surface area contributed by atoms with E-state index in [0.717, 1.165) is 5.56 Å². The van der Waals surface area contributed by atoms with Crippen LogP contribution in [0.1, 0.15) is 30.7 Å². The van der Waals surface area contributed by atoms with Crippen molar-refractivity contribution in [2.45, 2.75) is 19.3 Å². The predicted molar refractivity (Wildman–Crippen MR) is 134 cm³/mol. The fourth-order valence-corrected chi connectivity index (χ4v) is 4.10. The third-order valence-electron chi connectivity index (χ3n) is 6.22. The summed E-state index contributed by atoms with van der Waals surface area (Å²) in [7, 11) is 0. The lowest BCUT2D eigenvalue weighted by atomic mass is 9.92. The Morgan fingerprint density at radius 2 is 1.68 bits per heavy atom. The molecule has 0 radical (unpaired) electrons. The summed E-state index contributed by atoms with van der Waals surface area (Å²) in [5.74, 6) is -1.43. The molecule has 2 aromatic carbocycles. The molecule has 1 aliphatic heterocycles. The number of esters is 1. The molecule has 3 N–H and O–H groups in total. The molecule has 9 nitrogen and oxygen atoms in total. The number of nitrogens with zero attached hydrogens (tertiary/aromatic N) is 2. The number of carbonyl (C=O) groups is 2. The Morgan fingerprint density at radius 3 is 2.32 bits per heavy atom. The van der Waals surface area contributed by atoms with Crippen LogP contribution in [0, 0.1) is 11.2 Å². The van der Waals surface area contributed by atoms with Gasteiger partial charge in [0.1, 0.15) is 11.2 Å². The Kier molecular flexibility index (Phi) is 6.99. The number of primary amides is 1. The number of carbonyl (C=O) groups excluding carboxylic acids is 2. The average Bonchev–Trinajstić information content (AvgIpc) is 3.38. The van der Waals surface area contributed by atoms with E-state index in [1.165, 1.54) is 12.1 Å². The minimum absolute atomic E-state index is 0.0477. The van der Waals surface area contributed by atoms with Gasteiger partial charge in [0.05, 0.1) is 24.6 Å². The van der Waals surface area contributed by atoms with Crippen molar-refractivity contribution < 1.29 is 28.2 Å². The first kappa shape index (κ1) is 25.2. The SMILES string of the molecule is CC1(C(=O)OC(C(N)=O)c2ccccc2)COC(c2nc(-c3ccc(F)cc3)c(-c3ccncc3)[nH]2)OC1. The van der Waals surface area contributed by atoms with Crippen LogP contribution < -0.4 is 5.73 Å². The third kappa shape index (κ3) is 5.17. The van der Waals surface area contributed by atoms with Gasteiger partial charge in [0.2, 0.25) is 12.4 Å². The third-order valence-corrected chi connectivity index (χ3v) is 6.22. The summed E-state index contributed by atoms with van der Waals surface area (Å²) in [5, 5.41) is 0. The zero-order chi connectivity index (χ0) is 26.7. The number of imidazole rings is 1. The molecule has 0 saturated carbocycles. The van der Waals surface area contributed by atoms with Gasteiger partial charge >= 0.3 is 5.97 Å². The summed E-state index contributed by atoms with van der Waals surface area (Å²) in [5.41, 5.74) is 7.56. The van der Waals surface area contributed by atoms with E-state index >= 15 is 0 Å². The van der Waals surface area contributed by atoms with E-state index < -0.39 is 29.7 Å². The minimum atomic E-state index is -1.23. The number of halogens is 1. The van der Waals surface area contributed by atoms with E-state index in [0.29, 0.717) is 28.3 Å². The topological polar surface area (TPSA) is 129 Å². The Morgan fingerprint density at radius 1 is 1.03 bits per heavy atom. The standard InChI is InChI=1S/C28H25FN4O5/c1-28(27(35)38-23(24(30)34)19-5-3-2-4-6-19)15-36-26(37-16-28)25-32-21(17-7-9-20(29)10-8-17)22(33-25)18-11-13-31-14-12-18/h2-14,23,26H,15-16H2,1H3,(H2,30,34)(H,32,33). The highest BCUT2D eigenvalue weighted by Gasteiger charge is 2.43. The van der Waals surface area contributed by atoms with Crippen molar-refractivity contribution >= 4 is 11.9 Å². The van der Waals surface area contributed by atoms with Crippen molar-refractivity contribution in [2.75, 3.05) is 13.2 Å². The monoisotopic (exact) mass is 516 g/mol. The maximum Gasteiger partial charge on any atom is 0.317 e. The number of H-pyrrole nitrogens is 1. The van der Waals surface area contributed by atoms with Gasteiger partial charge in [-0.05, 0) is 43.3 Å². The van der Waals surface area contributed by atoms with Crippen LogP contribution in [0.2, 0.25) is 0 Å². The number of amides is 1. The fraction of sp³-hybridized carbons (Fsp3) is 0.214. The lowest BCUT2D eigenvalue weighted by Crippen LogP contribution is -2.45. The first-order valence-corrected chi connectivity index (χ1v) is 11.9. The van der Waals surface area contributed by atoms with Crippen molar-refractivity contribution in [1.82, 2.24) is 15.0 Å². The smallest absolute Gasteiger partial charge is 0.317 e. The summed E-state index contributed by atoms with van der Waals surface area (Å²) in [4.78, 5) is 37.0. The maximum absolute atomic E-state index is 13.5. The molecule has 1 aliphatic rings. The Bertz CT molecular complexity index is 1420. The van der Waals surface area contributed by atoms with Crippen molar-refractivity contribution in [3.8, 4) is 22.5 Å². The number of aromatic nitrogens is 3. The predicted octanol–water partition coefficient (Wildman–Crippen LogP) is 4.10. The van der Waals surface area contributed by atoms with E-state index in [4.69, 9.17) is 19.9 Å². The van der Waals surface area contributed by atoms with E-state index in [1.807, 2.05) is 12.1 Å². The Hall–Kier alpha value is -4.41. The summed E-state index contributed by atoms with van der Waals surface area (Å²) < 4.78 is 30.8. The van der Waals surface area contributed by atoms with Crippen LogP contribution in [0.4, 0.5) is 4.39 Å². The molecule has 3 heterocycles. The molecule has 0 aliphatic carbocycles. The lowest BCUT2D eigenvalue weighted by molar-refractivity contribution is -0.240. The molecule has 1 fully saturated rings. The second-order valence-electron chi connectivity index (χ2n) is 9.20. The zero-order valence-electron chi connectivity index (χ0n) is 20.5. The molecule has 10 heteroatoms. The van der Waals surface area contributed by atoms with Crippen LogP contribution in [0.15, 0.2) is 79.1 Å². The van der Waals surface area contributed by atoms with Gasteiger partial charge in [-0.2, -0.15) is 0 Å². The van der Waals surface area contributed by atoms with Gasteiger partial charge < -0.3 is 24.9 Å². The first-order chi connectivity index (χ1) is 18.3. The number of nitrogens with two attached hydrogens (primary N) is 1. The largest absolute Gasteiger partial charge is 0.447 e. The molecule has 1 saturated heterocycles. The number of ether oxygens (including phenoxy) is 3. The Balaban J connectivity index is 1.35. The first-order valence-electron chi connectivity index (χ1n) is 11.9. The highest BCUT2D eigenvalue weighted by molar-refractivity contribution is 5.85. The molecule has 0 bridgehead atoms. The van der Waals surface area contributed by atoms with Crippen molar-refractivity contribution in [1.29, 1.82) is 0 Å². The van der Waals surface area contributed by atoms with E-state index in [-0.39, 0.29) is 19.0 Å². The molecular weight excluding hydrogens is 491 g/mol. The molecule has 1 unspecified atom stereocenters. The number of hydrogen-bond donors (Lipinski definition) is 2. The molecule has 38 heavy (non-hydrogen) atoms. The van der Waals surface area contributed by atoms with Gasteiger partial charge in [-0.3, -0.25) is 14.6 Å². The molecule has 5 rings (SSSR count). The van der Waals surface area contributed by atoms with E-state index in [9.17, 15) is 14.0 Å². The van der Waals surface area contributed by atoms with Gasteiger partial charge in [-0.1, -0.05) is 30.3 Å². The van der Waals surface area contributed by atoms with Gasteiger partial charge in [-0.15, -0.1) is 0 Å². The molecule has 0 spiro atoms. The van der Waals surface area contributed by atoms with Crippen LogP contribution in [0.5, 0.6) is 0 Å². The van der Waals surface area contributed by atoms with Crippen LogP contribution in [-0.2, 0) is 23.8 Å². The highest BCUT2D eigenvalue weighted by atomic mass is 19.1. The van der Waals surface area contributed by atoms with Gasteiger partial charge in [0, 0.05) is 29.1 Å². The summed E-state index contributed by atoms with van der Waals surface area (Å²) in [6, 6.07) is 18.2. The molecule has 1 amide bonds. The quantitative estimate of drug-likeness (QED) is 0.354. The second-order valence-corrected chi connectivity index (χ2v) is 9.20. The normalized spacial score (nSPS) is 20.0. The van der Waals surface area contributed by atoms with Gasteiger partial charge in [-0.25, -0.2) is 9.37 Å². The number of nitrogens with one attached hydrogen (secondary N) is 1. The van der Waals surface area contributed by atoms with E-state index in [1.54, 1.807) is 61.8 Å². The summed E-state index contributed by atoms with van der Waals surface area (Å²) in [6.07, 6.45) is 1.18. The van der Waals surface area contributed by atoms with Crippen LogP contribution >= 0.6 is 0 Å². The number of rotatable bonds is 7. The maximum atomic E-state index is 13.5. The van der Waals surface area contributed by atoms with Gasteiger partial charge in [0.25, 0.3) is 5.91 Å². The highest BCUT2D eigenvalue weighted by Crippen LogP contribution is 2.37. The van der Waals surface area contributed by atoms with Crippen LogP contribution in [0.25, 0.3) is 22.5 Å². The number of pyridine rings is 1. The molecular formula is C28H25FN4O5.